The highest BCUT2D eigenvalue weighted by atomic mass is 32.1. The van der Waals surface area contributed by atoms with Crippen LogP contribution in [0.3, 0.4) is 0 Å². The van der Waals surface area contributed by atoms with Crippen molar-refractivity contribution in [2.45, 2.75) is 83.2 Å². The maximum absolute atomic E-state index is 10.4. The topological polar surface area (TPSA) is 45.6 Å². The largest absolute Gasteiger partial charge is 0.391 e. The fraction of sp³-hybridized carbons (Fsp3) is 0.824. The summed E-state index contributed by atoms with van der Waals surface area (Å²) in [7, 11) is 0. The summed E-state index contributed by atoms with van der Waals surface area (Å²) in [6.07, 6.45) is 6.69. The van der Waals surface area contributed by atoms with Crippen LogP contribution in [0.5, 0.6) is 0 Å². The number of aliphatic hydroxyl groups is 1. The van der Waals surface area contributed by atoms with E-state index in [1.54, 1.807) is 11.3 Å². The van der Waals surface area contributed by atoms with E-state index >= 15 is 0 Å². The summed E-state index contributed by atoms with van der Waals surface area (Å²) in [6, 6.07) is 0.701. The van der Waals surface area contributed by atoms with Gasteiger partial charge in [-0.1, -0.05) is 12.8 Å². The zero-order chi connectivity index (χ0) is 15.5. The molecule has 0 bridgehead atoms. The standard InChI is InChI=1S/C17H28N2O2S/c1-12(2)19(14-6-3-4-7-15(14)20)10-13-11-22-17(18-13)16-8-5-9-21-16/h11-12,14-16,20H,3-10H2,1-2H3. The zero-order valence-corrected chi connectivity index (χ0v) is 14.5. The highest BCUT2D eigenvalue weighted by Gasteiger charge is 2.31. The lowest BCUT2D eigenvalue weighted by atomic mass is 9.90. The summed E-state index contributed by atoms with van der Waals surface area (Å²) in [5.74, 6) is 0. The average Bonchev–Trinajstić information content (AvgIpc) is 3.16. The van der Waals surface area contributed by atoms with E-state index < -0.39 is 0 Å². The zero-order valence-electron chi connectivity index (χ0n) is 13.7. The fourth-order valence-corrected chi connectivity index (χ4v) is 4.56. The second kappa shape index (κ2) is 7.39. The van der Waals surface area contributed by atoms with E-state index in [-0.39, 0.29) is 18.2 Å². The van der Waals surface area contributed by atoms with Crippen molar-refractivity contribution in [2.24, 2.45) is 0 Å². The predicted octanol–water partition coefficient (Wildman–Crippen LogP) is 3.51. The summed E-state index contributed by atoms with van der Waals surface area (Å²) in [6.45, 7) is 6.14. The number of ether oxygens (including phenoxy) is 1. The molecule has 1 N–H and O–H groups in total. The molecule has 0 spiro atoms. The Balaban J connectivity index is 1.68. The Morgan fingerprint density at radius 2 is 2.14 bits per heavy atom. The van der Waals surface area contributed by atoms with Gasteiger partial charge in [0, 0.05) is 30.6 Å². The molecule has 1 saturated heterocycles. The van der Waals surface area contributed by atoms with Crippen molar-refractivity contribution < 1.29 is 9.84 Å². The van der Waals surface area contributed by atoms with E-state index in [9.17, 15) is 5.11 Å². The Kier molecular flexibility index (Phi) is 5.50. The molecule has 3 atom stereocenters. The van der Waals surface area contributed by atoms with E-state index in [4.69, 9.17) is 9.72 Å². The summed E-state index contributed by atoms with van der Waals surface area (Å²) in [5.41, 5.74) is 1.13. The third kappa shape index (κ3) is 3.70. The monoisotopic (exact) mass is 324 g/mol. The molecule has 3 rings (SSSR count). The van der Waals surface area contributed by atoms with Crippen LogP contribution in [0.25, 0.3) is 0 Å². The molecular formula is C17H28N2O2S. The SMILES string of the molecule is CC(C)N(Cc1csc(C2CCCO2)n1)C1CCCCC1O. The molecule has 5 heteroatoms. The Morgan fingerprint density at radius 1 is 1.32 bits per heavy atom. The Hall–Kier alpha value is -0.490. The smallest absolute Gasteiger partial charge is 0.122 e. The minimum atomic E-state index is -0.188. The Bertz CT molecular complexity index is 471. The summed E-state index contributed by atoms with van der Waals surface area (Å²) in [4.78, 5) is 7.23. The van der Waals surface area contributed by atoms with Crippen LogP contribution in [-0.2, 0) is 11.3 Å². The molecule has 1 aliphatic heterocycles. The minimum Gasteiger partial charge on any atom is -0.391 e. The molecule has 124 valence electrons. The lowest BCUT2D eigenvalue weighted by Gasteiger charge is -2.39. The van der Waals surface area contributed by atoms with Crippen LogP contribution in [-0.4, -0.2) is 39.8 Å². The number of aromatic nitrogens is 1. The predicted molar refractivity (Wildman–Crippen MR) is 89.0 cm³/mol. The number of hydrogen-bond acceptors (Lipinski definition) is 5. The molecule has 0 aromatic carbocycles. The Labute approximate surface area is 137 Å². The van der Waals surface area contributed by atoms with Gasteiger partial charge < -0.3 is 9.84 Å². The number of rotatable bonds is 5. The van der Waals surface area contributed by atoms with Crippen LogP contribution in [0, 0.1) is 0 Å². The maximum Gasteiger partial charge on any atom is 0.122 e. The molecule has 4 nitrogen and oxygen atoms in total. The molecule has 0 radical (unpaired) electrons. The highest BCUT2D eigenvalue weighted by molar-refractivity contribution is 7.09. The number of aliphatic hydroxyl groups excluding tert-OH is 1. The molecule has 3 unspecified atom stereocenters. The summed E-state index contributed by atoms with van der Waals surface area (Å²) in [5, 5.41) is 13.7. The first-order valence-corrected chi connectivity index (χ1v) is 9.53. The molecule has 2 fully saturated rings. The van der Waals surface area contributed by atoms with E-state index in [0.717, 1.165) is 56.0 Å². The first-order valence-electron chi connectivity index (χ1n) is 8.65. The van der Waals surface area contributed by atoms with Gasteiger partial charge in [0.2, 0.25) is 0 Å². The van der Waals surface area contributed by atoms with Gasteiger partial charge in [-0.2, -0.15) is 0 Å². The Morgan fingerprint density at radius 3 is 2.82 bits per heavy atom. The van der Waals surface area contributed by atoms with Gasteiger partial charge in [-0.25, -0.2) is 4.98 Å². The van der Waals surface area contributed by atoms with Crippen molar-refractivity contribution in [1.82, 2.24) is 9.88 Å². The highest BCUT2D eigenvalue weighted by Crippen LogP contribution is 2.32. The quantitative estimate of drug-likeness (QED) is 0.900. The van der Waals surface area contributed by atoms with E-state index in [2.05, 4.69) is 24.1 Å². The second-order valence-electron chi connectivity index (χ2n) is 6.86. The van der Waals surface area contributed by atoms with Crippen molar-refractivity contribution in [3.05, 3.63) is 16.1 Å². The third-order valence-electron chi connectivity index (χ3n) is 4.90. The van der Waals surface area contributed by atoms with Gasteiger partial charge in [0.05, 0.1) is 11.8 Å². The van der Waals surface area contributed by atoms with Crippen LogP contribution < -0.4 is 0 Å². The fourth-order valence-electron chi connectivity index (χ4n) is 3.66. The van der Waals surface area contributed by atoms with Gasteiger partial charge >= 0.3 is 0 Å². The molecule has 1 aliphatic carbocycles. The van der Waals surface area contributed by atoms with E-state index in [0.29, 0.717) is 6.04 Å². The number of nitrogens with zero attached hydrogens (tertiary/aromatic N) is 2. The average molecular weight is 324 g/mol. The number of hydrogen-bond donors (Lipinski definition) is 1. The molecule has 2 heterocycles. The van der Waals surface area contributed by atoms with Crippen molar-refractivity contribution in [3.63, 3.8) is 0 Å². The maximum atomic E-state index is 10.4. The molecule has 1 saturated carbocycles. The number of thiazole rings is 1. The lowest BCUT2D eigenvalue weighted by Crippen LogP contribution is -2.48. The first-order chi connectivity index (χ1) is 10.6. The van der Waals surface area contributed by atoms with Crippen LogP contribution in [0.15, 0.2) is 5.38 Å². The minimum absolute atomic E-state index is 0.188. The molecule has 2 aliphatic rings. The van der Waals surface area contributed by atoms with Crippen LogP contribution in [0.1, 0.15) is 69.2 Å². The first kappa shape index (κ1) is 16.4. The van der Waals surface area contributed by atoms with Crippen molar-refractivity contribution in [1.29, 1.82) is 0 Å². The van der Waals surface area contributed by atoms with Crippen LogP contribution in [0.2, 0.25) is 0 Å². The summed E-state index contributed by atoms with van der Waals surface area (Å²) < 4.78 is 5.73. The second-order valence-corrected chi connectivity index (χ2v) is 7.75. The molecule has 1 aromatic rings. The van der Waals surface area contributed by atoms with Crippen molar-refractivity contribution >= 4 is 11.3 Å². The van der Waals surface area contributed by atoms with Gasteiger partial charge in [-0.3, -0.25) is 4.90 Å². The van der Waals surface area contributed by atoms with Crippen LogP contribution >= 0.6 is 11.3 Å². The van der Waals surface area contributed by atoms with Gasteiger partial charge in [0.1, 0.15) is 11.1 Å². The molecule has 22 heavy (non-hydrogen) atoms. The molecule has 0 amide bonds. The molecular weight excluding hydrogens is 296 g/mol. The third-order valence-corrected chi connectivity index (χ3v) is 5.89. The van der Waals surface area contributed by atoms with E-state index in [1.165, 1.54) is 6.42 Å². The van der Waals surface area contributed by atoms with Gasteiger partial charge in [-0.15, -0.1) is 11.3 Å². The van der Waals surface area contributed by atoms with Gasteiger partial charge in [0.25, 0.3) is 0 Å². The van der Waals surface area contributed by atoms with E-state index in [1.807, 2.05) is 0 Å². The normalized spacial score (nSPS) is 29.6. The summed E-state index contributed by atoms with van der Waals surface area (Å²) >= 11 is 1.72. The van der Waals surface area contributed by atoms with Gasteiger partial charge in [0.15, 0.2) is 0 Å². The van der Waals surface area contributed by atoms with Crippen molar-refractivity contribution in [3.8, 4) is 0 Å². The van der Waals surface area contributed by atoms with Gasteiger partial charge in [-0.05, 0) is 39.5 Å². The molecule has 1 aromatic heterocycles. The van der Waals surface area contributed by atoms with Crippen molar-refractivity contribution in [2.75, 3.05) is 6.61 Å². The lowest BCUT2D eigenvalue weighted by molar-refractivity contribution is -0.000194. The van der Waals surface area contributed by atoms with Crippen LogP contribution in [0.4, 0.5) is 0 Å².